The third kappa shape index (κ3) is 3.82. The van der Waals surface area contributed by atoms with Gasteiger partial charge in [0, 0.05) is 31.9 Å². The van der Waals surface area contributed by atoms with E-state index in [1.54, 1.807) is 29.6 Å². The molecular formula is C21H28N2O3S. The van der Waals surface area contributed by atoms with Gasteiger partial charge in [-0.15, -0.1) is 0 Å². The standard InChI is InChI=1S/C21H28N2O3S/c1-5-18-8-6-7-16(2)21(18)22-11-13-23(14-12-22)27(24,25)20-10-9-19(26-4)15-17(20)3/h6-10,15H,5,11-14H2,1-4H3. The first-order valence-corrected chi connectivity index (χ1v) is 10.8. The lowest BCUT2D eigenvalue weighted by atomic mass is 10.0. The van der Waals surface area contributed by atoms with Gasteiger partial charge in [-0.3, -0.25) is 0 Å². The van der Waals surface area contributed by atoms with Crippen molar-refractivity contribution in [3.05, 3.63) is 53.1 Å². The Morgan fingerprint density at radius 1 is 1.00 bits per heavy atom. The molecule has 0 aliphatic carbocycles. The molecule has 0 unspecified atom stereocenters. The van der Waals surface area contributed by atoms with Crippen LogP contribution in [-0.4, -0.2) is 46.0 Å². The number of benzene rings is 2. The predicted octanol–water partition coefficient (Wildman–Crippen LogP) is 3.39. The second-order valence-electron chi connectivity index (χ2n) is 6.96. The van der Waals surface area contributed by atoms with Crippen molar-refractivity contribution in [3.8, 4) is 5.75 Å². The van der Waals surface area contributed by atoms with Gasteiger partial charge in [0.1, 0.15) is 5.75 Å². The lowest BCUT2D eigenvalue weighted by Gasteiger charge is -2.37. The first-order chi connectivity index (χ1) is 12.9. The van der Waals surface area contributed by atoms with Gasteiger partial charge in [0.05, 0.1) is 12.0 Å². The third-order valence-electron chi connectivity index (χ3n) is 5.26. The minimum absolute atomic E-state index is 0.363. The second kappa shape index (κ2) is 7.90. The molecule has 0 saturated carbocycles. The van der Waals surface area contributed by atoms with Crippen LogP contribution in [0.2, 0.25) is 0 Å². The van der Waals surface area contributed by atoms with Crippen LogP contribution in [-0.2, 0) is 16.4 Å². The molecule has 1 aliphatic heterocycles. The Kier molecular flexibility index (Phi) is 5.77. The van der Waals surface area contributed by atoms with Crippen molar-refractivity contribution >= 4 is 15.7 Å². The van der Waals surface area contributed by atoms with Gasteiger partial charge in [0.25, 0.3) is 0 Å². The molecule has 3 rings (SSSR count). The molecule has 1 heterocycles. The van der Waals surface area contributed by atoms with Crippen LogP contribution >= 0.6 is 0 Å². The monoisotopic (exact) mass is 388 g/mol. The molecule has 0 N–H and O–H groups in total. The van der Waals surface area contributed by atoms with E-state index >= 15 is 0 Å². The topological polar surface area (TPSA) is 49.9 Å². The molecule has 1 fully saturated rings. The van der Waals surface area contributed by atoms with Crippen molar-refractivity contribution < 1.29 is 13.2 Å². The molecular weight excluding hydrogens is 360 g/mol. The molecule has 0 radical (unpaired) electrons. The highest BCUT2D eigenvalue weighted by molar-refractivity contribution is 7.89. The van der Waals surface area contributed by atoms with E-state index in [4.69, 9.17) is 4.74 Å². The fourth-order valence-electron chi connectivity index (χ4n) is 3.79. The summed E-state index contributed by atoms with van der Waals surface area (Å²) in [6, 6.07) is 11.5. The Bertz CT molecular complexity index is 917. The van der Waals surface area contributed by atoms with Gasteiger partial charge >= 0.3 is 0 Å². The maximum absolute atomic E-state index is 13.1. The van der Waals surface area contributed by atoms with E-state index in [2.05, 4.69) is 36.9 Å². The summed E-state index contributed by atoms with van der Waals surface area (Å²) in [4.78, 5) is 2.68. The van der Waals surface area contributed by atoms with Gasteiger partial charge in [0.2, 0.25) is 10.0 Å². The molecule has 27 heavy (non-hydrogen) atoms. The van der Waals surface area contributed by atoms with Crippen LogP contribution in [0.25, 0.3) is 0 Å². The Hall–Kier alpha value is -2.05. The van der Waals surface area contributed by atoms with Crippen LogP contribution < -0.4 is 9.64 Å². The van der Waals surface area contributed by atoms with E-state index < -0.39 is 10.0 Å². The minimum atomic E-state index is -3.50. The summed E-state index contributed by atoms with van der Waals surface area (Å²) in [5, 5.41) is 0. The van der Waals surface area contributed by atoms with E-state index in [-0.39, 0.29) is 0 Å². The summed E-state index contributed by atoms with van der Waals surface area (Å²) in [7, 11) is -1.92. The highest BCUT2D eigenvalue weighted by Crippen LogP contribution is 2.29. The first kappa shape index (κ1) is 19.7. The smallest absolute Gasteiger partial charge is 0.243 e. The first-order valence-electron chi connectivity index (χ1n) is 9.36. The maximum Gasteiger partial charge on any atom is 0.243 e. The quantitative estimate of drug-likeness (QED) is 0.788. The average Bonchev–Trinajstić information content (AvgIpc) is 2.67. The Labute approximate surface area is 162 Å². The molecule has 6 heteroatoms. The van der Waals surface area contributed by atoms with Crippen molar-refractivity contribution in [1.82, 2.24) is 4.31 Å². The zero-order chi connectivity index (χ0) is 19.6. The molecule has 2 aromatic carbocycles. The zero-order valence-corrected chi connectivity index (χ0v) is 17.3. The minimum Gasteiger partial charge on any atom is -0.497 e. The van der Waals surface area contributed by atoms with Crippen LogP contribution in [0.5, 0.6) is 5.75 Å². The van der Waals surface area contributed by atoms with Crippen LogP contribution in [0.15, 0.2) is 41.3 Å². The molecule has 2 aromatic rings. The van der Waals surface area contributed by atoms with Gasteiger partial charge in [-0.05, 0) is 55.2 Å². The third-order valence-corrected chi connectivity index (χ3v) is 7.32. The number of para-hydroxylation sites is 1. The normalized spacial score (nSPS) is 15.8. The summed E-state index contributed by atoms with van der Waals surface area (Å²) >= 11 is 0. The van der Waals surface area contributed by atoms with Crippen LogP contribution in [0.3, 0.4) is 0 Å². The number of rotatable bonds is 5. The molecule has 146 valence electrons. The van der Waals surface area contributed by atoms with Crippen molar-refractivity contribution in [2.24, 2.45) is 0 Å². The fraction of sp³-hybridized carbons (Fsp3) is 0.429. The van der Waals surface area contributed by atoms with Crippen molar-refractivity contribution in [1.29, 1.82) is 0 Å². The molecule has 0 aromatic heterocycles. The molecule has 1 saturated heterocycles. The fourth-order valence-corrected chi connectivity index (χ4v) is 5.41. The summed E-state index contributed by atoms with van der Waals surface area (Å²) in [6.07, 6.45) is 0.973. The van der Waals surface area contributed by atoms with Crippen LogP contribution in [0, 0.1) is 13.8 Å². The lowest BCUT2D eigenvalue weighted by Crippen LogP contribution is -2.49. The molecule has 0 bridgehead atoms. The molecule has 0 amide bonds. The van der Waals surface area contributed by atoms with Gasteiger partial charge in [0.15, 0.2) is 0 Å². The van der Waals surface area contributed by atoms with E-state index in [0.29, 0.717) is 42.4 Å². The van der Waals surface area contributed by atoms with Crippen LogP contribution in [0.1, 0.15) is 23.6 Å². The van der Waals surface area contributed by atoms with Crippen LogP contribution in [0.4, 0.5) is 5.69 Å². The number of piperazine rings is 1. The largest absolute Gasteiger partial charge is 0.497 e. The van der Waals surface area contributed by atoms with E-state index in [0.717, 1.165) is 6.42 Å². The number of aryl methyl sites for hydroxylation is 3. The lowest BCUT2D eigenvalue weighted by molar-refractivity contribution is 0.384. The number of hydrogen-bond acceptors (Lipinski definition) is 4. The number of hydrogen-bond donors (Lipinski definition) is 0. The number of ether oxygens (including phenoxy) is 1. The maximum atomic E-state index is 13.1. The summed E-state index contributed by atoms with van der Waals surface area (Å²) in [6.45, 7) is 8.48. The molecule has 0 atom stereocenters. The van der Waals surface area contributed by atoms with E-state index in [9.17, 15) is 8.42 Å². The highest BCUT2D eigenvalue weighted by atomic mass is 32.2. The molecule has 5 nitrogen and oxygen atoms in total. The SMILES string of the molecule is CCc1cccc(C)c1N1CCN(S(=O)(=O)c2ccc(OC)cc2C)CC1. The number of nitrogens with zero attached hydrogens (tertiary/aromatic N) is 2. The zero-order valence-electron chi connectivity index (χ0n) is 16.5. The highest BCUT2D eigenvalue weighted by Gasteiger charge is 2.30. The van der Waals surface area contributed by atoms with Gasteiger partial charge < -0.3 is 9.64 Å². The number of anilines is 1. The Morgan fingerprint density at radius 3 is 2.30 bits per heavy atom. The Morgan fingerprint density at radius 2 is 1.70 bits per heavy atom. The molecule has 0 spiro atoms. The second-order valence-corrected chi connectivity index (χ2v) is 8.87. The van der Waals surface area contributed by atoms with Crippen molar-refractivity contribution in [3.63, 3.8) is 0 Å². The summed E-state index contributed by atoms with van der Waals surface area (Å²) in [5.74, 6) is 0.669. The predicted molar refractivity (Wildman–Crippen MR) is 109 cm³/mol. The van der Waals surface area contributed by atoms with Gasteiger partial charge in [-0.2, -0.15) is 4.31 Å². The summed E-state index contributed by atoms with van der Waals surface area (Å²) < 4.78 is 33.0. The number of methoxy groups -OCH3 is 1. The van der Waals surface area contributed by atoms with Gasteiger partial charge in [-0.25, -0.2) is 8.42 Å². The van der Waals surface area contributed by atoms with E-state index in [1.165, 1.54) is 16.8 Å². The average molecular weight is 389 g/mol. The van der Waals surface area contributed by atoms with Gasteiger partial charge in [-0.1, -0.05) is 25.1 Å². The van der Waals surface area contributed by atoms with Crippen molar-refractivity contribution in [2.45, 2.75) is 32.1 Å². The number of sulfonamides is 1. The Balaban J connectivity index is 1.80. The molecule has 1 aliphatic rings. The summed E-state index contributed by atoms with van der Waals surface area (Å²) in [5.41, 5.74) is 4.54. The van der Waals surface area contributed by atoms with Crippen molar-refractivity contribution in [2.75, 3.05) is 38.2 Å². The van der Waals surface area contributed by atoms with E-state index in [1.807, 2.05) is 6.92 Å².